The Morgan fingerprint density at radius 3 is 1.48 bits per heavy atom. The summed E-state index contributed by atoms with van der Waals surface area (Å²) in [4.78, 5) is 0. The minimum atomic E-state index is -1.54. The summed E-state index contributed by atoms with van der Waals surface area (Å²) in [5.74, 6) is -3.32. The van der Waals surface area contributed by atoms with Crippen LogP contribution in [-0.4, -0.2) is 65.9 Å². The zero-order valence-electron chi connectivity index (χ0n) is 19.0. The van der Waals surface area contributed by atoms with E-state index in [1.54, 1.807) is 42.7 Å². The molecule has 6 nitrogen and oxygen atoms in total. The van der Waals surface area contributed by atoms with Crippen LogP contribution in [0.15, 0.2) is 72.8 Å². The summed E-state index contributed by atoms with van der Waals surface area (Å²) in [6, 6.07) is 20.2. The average Bonchev–Trinajstić information content (AvgIpc) is 2.84. The number of methoxy groups -OCH3 is 6. The Morgan fingerprint density at radius 2 is 1.13 bits per heavy atom. The first-order valence-corrected chi connectivity index (χ1v) is 10.1. The molecule has 2 aromatic carbocycles. The van der Waals surface area contributed by atoms with Gasteiger partial charge in [-0.3, -0.25) is 0 Å². The van der Waals surface area contributed by atoms with Gasteiger partial charge < -0.3 is 28.4 Å². The van der Waals surface area contributed by atoms with E-state index in [-0.39, 0.29) is 5.92 Å². The Labute approximate surface area is 184 Å². The second kappa shape index (κ2) is 9.61. The fraction of sp³-hybridized carbons (Fsp3) is 0.440. The molecule has 6 heteroatoms. The van der Waals surface area contributed by atoms with Crippen molar-refractivity contribution in [1.82, 2.24) is 0 Å². The van der Waals surface area contributed by atoms with Crippen LogP contribution in [-0.2, 0) is 28.4 Å². The molecule has 1 aliphatic carbocycles. The summed E-state index contributed by atoms with van der Waals surface area (Å²) in [6.07, 6.45) is 3.21. The maximum absolute atomic E-state index is 6.35. The summed E-state index contributed by atoms with van der Waals surface area (Å²) >= 11 is 0. The van der Waals surface area contributed by atoms with Crippen LogP contribution in [0.3, 0.4) is 0 Å². The van der Waals surface area contributed by atoms with Gasteiger partial charge in [-0.1, -0.05) is 66.7 Å². The second-order valence-electron chi connectivity index (χ2n) is 7.37. The summed E-state index contributed by atoms with van der Waals surface area (Å²) in [6.45, 7) is 0. The number of ether oxygens (including phenoxy) is 6. The third-order valence-corrected chi connectivity index (χ3v) is 6.33. The van der Waals surface area contributed by atoms with Crippen LogP contribution in [0.1, 0.15) is 17.0 Å². The molecule has 0 radical (unpaired) electrons. The minimum Gasteiger partial charge on any atom is -0.371 e. The Hall–Kier alpha value is -2.06. The standard InChI is InChI=1S/C25H32O6/c1-26-21-17-18-23(27-2,25(30-5,31-6)24(21,28-3)29-4)22(19-13-9-7-10-14-19)20-15-11-8-12-16-20/h7-18,21-22H,1-6H3. The topological polar surface area (TPSA) is 55.4 Å². The molecule has 2 unspecified atom stereocenters. The van der Waals surface area contributed by atoms with E-state index in [9.17, 15) is 0 Å². The molecular formula is C25H32O6. The summed E-state index contributed by atoms with van der Waals surface area (Å²) < 4.78 is 36.4. The first-order chi connectivity index (χ1) is 15.1. The first-order valence-electron chi connectivity index (χ1n) is 10.1. The van der Waals surface area contributed by atoms with Crippen molar-refractivity contribution in [3.8, 4) is 0 Å². The lowest BCUT2D eigenvalue weighted by Gasteiger charge is -2.59. The maximum atomic E-state index is 6.35. The van der Waals surface area contributed by atoms with Gasteiger partial charge in [-0.05, 0) is 17.2 Å². The van der Waals surface area contributed by atoms with Crippen molar-refractivity contribution in [2.24, 2.45) is 0 Å². The van der Waals surface area contributed by atoms with Crippen molar-refractivity contribution in [1.29, 1.82) is 0 Å². The van der Waals surface area contributed by atoms with E-state index in [2.05, 4.69) is 24.3 Å². The first kappa shape index (κ1) is 23.6. The monoisotopic (exact) mass is 428 g/mol. The number of hydrogen-bond donors (Lipinski definition) is 0. The molecule has 0 heterocycles. The van der Waals surface area contributed by atoms with Gasteiger partial charge in [0.25, 0.3) is 11.6 Å². The number of hydrogen-bond acceptors (Lipinski definition) is 6. The SMILES string of the molecule is COC1C=CC(OC)(C(c2ccccc2)c2ccccc2)C(OC)(OC)C1(OC)OC. The predicted octanol–water partition coefficient (Wildman–Crippen LogP) is 3.77. The molecule has 0 saturated heterocycles. The van der Waals surface area contributed by atoms with Gasteiger partial charge in [-0.25, -0.2) is 0 Å². The lowest BCUT2D eigenvalue weighted by Crippen LogP contribution is -2.78. The highest BCUT2D eigenvalue weighted by molar-refractivity contribution is 5.43. The third kappa shape index (κ3) is 3.35. The molecule has 0 amide bonds. The van der Waals surface area contributed by atoms with Gasteiger partial charge in [0, 0.05) is 48.6 Å². The predicted molar refractivity (Wildman–Crippen MR) is 118 cm³/mol. The fourth-order valence-electron chi connectivity index (χ4n) is 5.02. The second-order valence-corrected chi connectivity index (χ2v) is 7.37. The van der Waals surface area contributed by atoms with Crippen LogP contribution >= 0.6 is 0 Å². The molecule has 2 aromatic rings. The molecule has 0 saturated carbocycles. The van der Waals surface area contributed by atoms with Gasteiger partial charge in [0.1, 0.15) is 6.10 Å². The van der Waals surface area contributed by atoms with Gasteiger partial charge >= 0.3 is 0 Å². The Bertz CT molecular complexity index is 805. The highest BCUT2D eigenvalue weighted by Gasteiger charge is 2.74. The van der Waals surface area contributed by atoms with Crippen molar-refractivity contribution >= 4 is 0 Å². The van der Waals surface area contributed by atoms with Crippen LogP contribution in [0.4, 0.5) is 0 Å². The number of rotatable bonds is 9. The Balaban J connectivity index is 2.41. The number of benzene rings is 2. The highest BCUT2D eigenvalue weighted by atomic mass is 16.8. The normalized spacial score (nSPS) is 24.4. The maximum Gasteiger partial charge on any atom is 0.261 e. The Morgan fingerprint density at radius 1 is 0.645 bits per heavy atom. The smallest absolute Gasteiger partial charge is 0.261 e. The van der Waals surface area contributed by atoms with Gasteiger partial charge in [-0.15, -0.1) is 0 Å². The van der Waals surface area contributed by atoms with E-state index < -0.39 is 23.3 Å². The summed E-state index contributed by atoms with van der Waals surface area (Å²) in [7, 11) is 9.43. The van der Waals surface area contributed by atoms with Crippen LogP contribution in [0.5, 0.6) is 0 Å². The molecule has 1 aliphatic rings. The van der Waals surface area contributed by atoms with Gasteiger partial charge in [-0.2, -0.15) is 0 Å². The van der Waals surface area contributed by atoms with Crippen molar-refractivity contribution < 1.29 is 28.4 Å². The van der Waals surface area contributed by atoms with E-state index in [4.69, 9.17) is 28.4 Å². The van der Waals surface area contributed by atoms with Gasteiger partial charge in [0.15, 0.2) is 5.60 Å². The summed E-state index contributed by atoms with van der Waals surface area (Å²) in [5.41, 5.74) is 0.867. The molecule has 3 rings (SSSR count). The quantitative estimate of drug-likeness (QED) is 0.448. The molecule has 0 aromatic heterocycles. The average molecular weight is 429 g/mol. The molecule has 0 fully saturated rings. The lowest BCUT2D eigenvalue weighted by molar-refractivity contribution is -0.449. The van der Waals surface area contributed by atoms with Crippen molar-refractivity contribution in [2.45, 2.75) is 29.2 Å². The van der Waals surface area contributed by atoms with Crippen molar-refractivity contribution in [3.05, 3.63) is 83.9 Å². The van der Waals surface area contributed by atoms with Crippen LogP contribution in [0, 0.1) is 0 Å². The van der Waals surface area contributed by atoms with Gasteiger partial charge in [0.05, 0.1) is 0 Å². The summed E-state index contributed by atoms with van der Waals surface area (Å²) in [5, 5.41) is 0. The van der Waals surface area contributed by atoms with E-state index in [0.717, 1.165) is 11.1 Å². The minimum absolute atomic E-state index is 0.321. The third-order valence-electron chi connectivity index (χ3n) is 6.33. The molecule has 168 valence electrons. The molecule has 2 atom stereocenters. The van der Waals surface area contributed by atoms with Crippen molar-refractivity contribution in [2.75, 3.05) is 42.7 Å². The van der Waals surface area contributed by atoms with E-state index >= 15 is 0 Å². The van der Waals surface area contributed by atoms with E-state index in [1.165, 1.54) is 0 Å². The molecule has 0 aliphatic heterocycles. The Kier molecular flexibility index (Phi) is 7.31. The van der Waals surface area contributed by atoms with Crippen LogP contribution in [0.2, 0.25) is 0 Å². The molecule has 0 bridgehead atoms. The van der Waals surface area contributed by atoms with Crippen LogP contribution < -0.4 is 0 Å². The zero-order chi connectivity index (χ0) is 22.5. The lowest BCUT2D eigenvalue weighted by atomic mass is 9.66. The van der Waals surface area contributed by atoms with Crippen LogP contribution in [0.25, 0.3) is 0 Å². The molecule has 31 heavy (non-hydrogen) atoms. The zero-order valence-corrected chi connectivity index (χ0v) is 19.0. The fourth-order valence-corrected chi connectivity index (χ4v) is 5.02. The molecular weight excluding hydrogens is 396 g/mol. The highest BCUT2D eigenvalue weighted by Crippen LogP contribution is 2.55. The molecule has 0 N–H and O–H groups in total. The van der Waals surface area contributed by atoms with E-state index in [1.807, 2.05) is 48.6 Å². The van der Waals surface area contributed by atoms with Gasteiger partial charge in [0.2, 0.25) is 0 Å². The van der Waals surface area contributed by atoms with E-state index in [0.29, 0.717) is 0 Å². The van der Waals surface area contributed by atoms with Crippen molar-refractivity contribution in [3.63, 3.8) is 0 Å². The molecule has 0 spiro atoms. The largest absolute Gasteiger partial charge is 0.371 e.